The average molecular weight is 464 g/mol. The molecule has 2 atom stereocenters. The van der Waals surface area contributed by atoms with Gasteiger partial charge in [0.15, 0.2) is 0 Å². The minimum atomic E-state index is -0.286. The van der Waals surface area contributed by atoms with E-state index in [0.717, 1.165) is 75.6 Å². The standard InChI is InChI=1S/C27H37N5O2/c1-21-8-10-24(11-9-21)25(29-22(2)33)18-27(34)32-13-5-6-23(20-32)19-30-14-16-31(17-15-30)26-7-3-4-12-28-26/h3-4,7-12,23,25H,5-6,13-20H2,1-2H3,(H,29,33). The van der Waals surface area contributed by atoms with E-state index in [1.165, 1.54) is 6.92 Å². The second kappa shape index (κ2) is 11.5. The van der Waals surface area contributed by atoms with Gasteiger partial charge >= 0.3 is 0 Å². The fourth-order valence-corrected chi connectivity index (χ4v) is 5.11. The van der Waals surface area contributed by atoms with Crippen LogP contribution in [0.5, 0.6) is 0 Å². The highest BCUT2D eigenvalue weighted by atomic mass is 16.2. The number of pyridine rings is 1. The summed E-state index contributed by atoms with van der Waals surface area (Å²) in [4.78, 5) is 36.4. The minimum absolute atomic E-state index is 0.111. The number of benzene rings is 1. The number of rotatable bonds is 7. The van der Waals surface area contributed by atoms with Crippen LogP contribution in [0.2, 0.25) is 0 Å². The summed E-state index contributed by atoms with van der Waals surface area (Å²) in [5.41, 5.74) is 2.14. The Morgan fingerprint density at radius 1 is 1.06 bits per heavy atom. The fraction of sp³-hybridized carbons (Fsp3) is 0.519. The number of nitrogens with zero attached hydrogens (tertiary/aromatic N) is 4. The second-order valence-corrected chi connectivity index (χ2v) is 9.69. The maximum atomic E-state index is 13.2. The zero-order chi connectivity index (χ0) is 23.9. The quantitative estimate of drug-likeness (QED) is 0.684. The summed E-state index contributed by atoms with van der Waals surface area (Å²) < 4.78 is 0. The number of hydrogen-bond acceptors (Lipinski definition) is 5. The molecule has 0 spiro atoms. The lowest BCUT2D eigenvalue weighted by Gasteiger charge is -2.40. The molecule has 2 amide bonds. The molecule has 182 valence electrons. The van der Waals surface area contributed by atoms with Gasteiger partial charge in [0.2, 0.25) is 11.8 Å². The molecule has 0 bridgehead atoms. The number of carbonyl (C=O) groups excluding carboxylic acids is 2. The third kappa shape index (κ3) is 6.56. The van der Waals surface area contributed by atoms with E-state index in [2.05, 4.69) is 26.2 Å². The highest BCUT2D eigenvalue weighted by Crippen LogP contribution is 2.23. The Hall–Kier alpha value is -2.93. The van der Waals surface area contributed by atoms with E-state index >= 15 is 0 Å². The molecule has 0 saturated carbocycles. The molecule has 34 heavy (non-hydrogen) atoms. The lowest BCUT2D eigenvalue weighted by molar-refractivity contribution is -0.134. The smallest absolute Gasteiger partial charge is 0.224 e. The molecule has 0 aliphatic carbocycles. The van der Waals surface area contributed by atoms with Crippen molar-refractivity contribution in [2.75, 3.05) is 50.7 Å². The molecule has 0 radical (unpaired) electrons. The number of piperazine rings is 1. The molecule has 2 fully saturated rings. The lowest BCUT2D eigenvalue weighted by Crippen LogP contribution is -2.50. The van der Waals surface area contributed by atoms with Crippen molar-refractivity contribution in [1.82, 2.24) is 20.1 Å². The normalized spacial score (nSPS) is 20.1. The van der Waals surface area contributed by atoms with E-state index in [1.807, 2.05) is 54.4 Å². The molecule has 4 rings (SSSR count). The fourth-order valence-electron chi connectivity index (χ4n) is 5.11. The first kappa shape index (κ1) is 24.2. The lowest BCUT2D eigenvalue weighted by atomic mass is 9.95. The molecule has 2 aromatic rings. The molecular weight excluding hydrogens is 426 g/mol. The molecule has 7 heteroatoms. The second-order valence-electron chi connectivity index (χ2n) is 9.69. The van der Waals surface area contributed by atoms with Crippen molar-refractivity contribution < 1.29 is 9.59 Å². The van der Waals surface area contributed by atoms with Crippen molar-refractivity contribution in [3.63, 3.8) is 0 Å². The van der Waals surface area contributed by atoms with Gasteiger partial charge in [-0.05, 0) is 43.4 Å². The average Bonchev–Trinajstić information content (AvgIpc) is 2.85. The number of likely N-dealkylation sites (tertiary alicyclic amines) is 1. The Morgan fingerprint density at radius 3 is 2.50 bits per heavy atom. The number of carbonyl (C=O) groups is 2. The molecule has 1 N–H and O–H groups in total. The largest absolute Gasteiger partial charge is 0.354 e. The van der Waals surface area contributed by atoms with E-state index in [1.54, 1.807) is 0 Å². The van der Waals surface area contributed by atoms with Gasteiger partial charge in [0.25, 0.3) is 0 Å². The van der Waals surface area contributed by atoms with Crippen LogP contribution in [0.1, 0.15) is 43.4 Å². The number of anilines is 1. The summed E-state index contributed by atoms with van der Waals surface area (Å²) in [6.45, 7) is 10.2. The van der Waals surface area contributed by atoms with E-state index in [-0.39, 0.29) is 17.9 Å². The van der Waals surface area contributed by atoms with Gasteiger partial charge in [-0.25, -0.2) is 4.98 Å². The monoisotopic (exact) mass is 463 g/mol. The summed E-state index contributed by atoms with van der Waals surface area (Å²) in [5.74, 6) is 1.57. The van der Waals surface area contributed by atoms with Gasteiger partial charge in [-0.1, -0.05) is 35.9 Å². The van der Waals surface area contributed by atoms with Crippen LogP contribution in [0.15, 0.2) is 48.7 Å². The van der Waals surface area contributed by atoms with Gasteiger partial charge < -0.3 is 15.1 Å². The third-order valence-corrected chi connectivity index (χ3v) is 6.97. The van der Waals surface area contributed by atoms with Crippen molar-refractivity contribution in [3.05, 3.63) is 59.8 Å². The number of piperidine rings is 1. The SMILES string of the molecule is CC(=O)NC(CC(=O)N1CCCC(CN2CCN(c3ccccn3)CC2)C1)c1ccc(C)cc1. The van der Waals surface area contributed by atoms with Crippen molar-refractivity contribution in [2.24, 2.45) is 5.92 Å². The molecule has 2 aliphatic heterocycles. The van der Waals surface area contributed by atoms with Crippen LogP contribution in [-0.2, 0) is 9.59 Å². The Morgan fingerprint density at radius 2 is 1.82 bits per heavy atom. The maximum Gasteiger partial charge on any atom is 0.224 e. The zero-order valence-electron chi connectivity index (χ0n) is 20.4. The van der Waals surface area contributed by atoms with Crippen LogP contribution in [0.4, 0.5) is 5.82 Å². The van der Waals surface area contributed by atoms with Gasteiger partial charge in [-0.3, -0.25) is 14.5 Å². The van der Waals surface area contributed by atoms with E-state index in [4.69, 9.17) is 0 Å². The molecule has 2 unspecified atom stereocenters. The van der Waals surface area contributed by atoms with Crippen LogP contribution in [0.25, 0.3) is 0 Å². The predicted molar refractivity (Wildman–Crippen MR) is 135 cm³/mol. The number of aryl methyl sites for hydroxylation is 1. The Labute approximate surface area is 203 Å². The predicted octanol–water partition coefficient (Wildman–Crippen LogP) is 3.02. The highest BCUT2D eigenvalue weighted by Gasteiger charge is 2.28. The molecule has 7 nitrogen and oxygen atoms in total. The molecular formula is C27H37N5O2. The van der Waals surface area contributed by atoms with Crippen molar-refractivity contribution in [1.29, 1.82) is 0 Å². The first-order chi connectivity index (χ1) is 16.5. The Bertz CT molecular complexity index is 941. The molecule has 2 saturated heterocycles. The van der Waals surface area contributed by atoms with Gasteiger partial charge in [0.1, 0.15) is 5.82 Å². The van der Waals surface area contributed by atoms with Gasteiger partial charge in [-0.15, -0.1) is 0 Å². The van der Waals surface area contributed by atoms with Crippen LogP contribution in [0, 0.1) is 12.8 Å². The minimum Gasteiger partial charge on any atom is -0.354 e. The summed E-state index contributed by atoms with van der Waals surface area (Å²) in [5, 5.41) is 2.98. The summed E-state index contributed by atoms with van der Waals surface area (Å²) >= 11 is 0. The van der Waals surface area contributed by atoms with Crippen molar-refractivity contribution >= 4 is 17.6 Å². The number of hydrogen-bond donors (Lipinski definition) is 1. The topological polar surface area (TPSA) is 68.8 Å². The van der Waals surface area contributed by atoms with E-state index in [9.17, 15) is 9.59 Å². The van der Waals surface area contributed by atoms with Crippen molar-refractivity contribution in [3.8, 4) is 0 Å². The molecule has 2 aliphatic rings. The molecule has 3 heterocycles. The third-order valence-electron chi connectivity index (χ3n) is 6.97. The number of amides is 2. The Kier molecular flexibility index (Phi) is 8.16. The van der Waals surface area contributed by atoms with Gasteiger partial charge in [-0.2, -0.15) is 0 Å². The summed E-state index contributed by atoms with van der Waals surface area (Å²) in [6.07, 6.45) is 4.36. The van der Waals surface area contributed by atoms with Crippen LogP contribution in [-0.4, -0.2) is 72.4 Å². The van der Waals surface area contributed by atoms with Gasteiger partial charge in [0, 0.05) is 58.9 Å². The molecule has 1 aromatic heterocycles. The first-order valence-electron chi connectivity index (χ1n) is 12.5. The van der Waals surface area contributed by atoms with E-state index in [0.29, 0.717) is 12.3 Å². The van der Waals surface area contributed by atoms with Gasteiger partial charge in [0.05, 0.1) is 12.5 Å². The number of aromatic nitrogens is 1. The van der Waals surface area contributed by atoms with Crippen LogP contribution < -0.4 is 10.2 Å². The number of nitrogens with one attached hydrogen (secondary N) is 1. The van der Waals surface area contributed by atoms with Crippen molar-refractivity contribution in [2.45, 2.75) is 39.2 Å². The maximum absolute atomic E-state index is 13.2. The van der Waals surface area contributed by atoms with Crippen LogP contribution >= 0.6 is 0 Å². The summed E-state index contributed by atoms with van der Waals surface area (Å²) in [6, 6.07) is 13.8. The molecule has 1 aromatic carbocycles. The summed E-state index contributed by atoms with van der Waals surface area (Å²) in [7, 11) is 0. The Balaban J connectivity index is 1.29. The first-order valence-corrected chi connectivity index (χ1v) is 12.5. The highest BCUT2D eigenvalue weighted by molar-refractivity contribution is 5.79. The van der Waals surface area contributed by atoms with E-state index < -0.39 is 0 Å². The van der Waals surface area contributed by atoms with Crippen LogP contribution in [0.3, 0.4) is 0 Å². The zero-order valence-corrected chi connectivity index (χ0v) is 20.4.